The van der Waals surface area contributed by atoms with Crippen molar-refractivity contribution in [3.05, 3.63) is 53.6 Å². The minimum atomic E-state index is -0.398. The lowest BCUT2D eigenvalue weighted by molar-refractivity contribution is -0.117. The fourth-order valence-corrected chi connectivity index (χ4v) is 2.22. The summed E-state index contributed by atoms with van der Waals surface area (Å²) in [5.74, 6) is 0.0210. The molecule has 0 amide bonds. The second-order valence-electron chi connectivity index (χ2n) is 4.64. The topological polar surface area (TPSA) is 72.5 Å². The summed E-state index contributed by atoms with van der Waals surface area (Å²) in [6, 6.07) is 12.1. The quantitative estimate of drug-likeness (QED) is 0.839. The molecule has 0 aliphatic heterocycles. The molecular weight excluding hydrogens is 254 g/mol. The Morgan fingerprint density at radius 3 is 2.30 bits per heavy atom. The van der Waals surface area contributed by atoms with Crippen LogP contribution in [0.4, 0.5) is 5.69 Å². The molecule has 0 aliphatic rings. The number of carbonyl (C=O) groups is 1. The van der Waals surface area contributed by atoms with Gasteiger partial charge in [0, 0.05) is 5.69 Å². The van der Waals surface area contributed by atoms with E-state index in [1.807, 2.05) is 12.1 Å². The number of hydrogen-bond acceptors (Lipinski definition) is 4. The second kappa shape index (κ2) is 5.65. The molecule has 4 heteroatoms. The molecule has 0 saturated carbocycles. The third kappa shape index (κ3) is 2.74. The van der Waals surface area contributed by atoms with E-state index < -0.39 is 5.92 Å². The van der Waals surface area contributed by atoms with Crippen molar-refractivity contribution in [3.63, 3.8) is 0 Å². The van der Waals surface area contributed by atoms with E-state index in [4.69, 9.17) is 10.5 Å². The van der Waals surface area contributed by atoms with Gasteiger partial charge in [-0.25, -0.2) is 0 Å². The van der Waals surface area contributed by atoms with E-state index in [2.05, 4.69) is 0 Å². The first kappa shape index (κ1) is 13.9. The van der Waals surface area contributed by atoms with Gasteiger partial charge in [0.2, 0.25) is 0 Å². The molecule has 2 aromatic carbocycles. The van der Waals surface area contributed by atoms with Crippen molar-refractivity contribution in [2.75, 3.05) is 12.8 Å². The van der Waals surface area contributed by atoms with Crippen LogP contribution in [0.1, 0.15) is 24.0 Å². The lowest BCUT2D eigenvalue weighted by Gasteiger charge is -2.16. The predicted octanol–water partition coefficient (Wildman–Crippen LogP) is 2.70. The first-order chi connectivity index (χ1) is 9.52. The van der Waals surface area contributed by atoms with E-state index in [1.165, 1.54) is 13.2 Å². The summed E-state index contributed by atoms with van der Waals surface area (Å²) < 4.78 is 5.09. The number of benzene rings is 2. The second-order valence-corrected chi connectivity index (χ2v) is 4.64. The van der Waals surface area contributed by atoms with Gasteiger partial charge in [-0.15, -0.1) is 0 Å². The highest BCUT2D eigenvalue weighted by Crippen LogP contribution is 2.33. The third-order valence-electron chi connectivity index (χ3n) is 3.21. The van der Waals surface area contributed by atoms with Crippen LogP contribution in [0, 0.1) is 0 Å². The zero-order chi connectivity index (χ0) is 14.7. The maximum absolute atomic E-state index is 12.0. The van der Waals surface area contributed by atoms with Gasteiger partial charge < -0.3 is 15.6 Å². The van der Waals surface area contributed by atoms with Crippen molar-refractivity contribution in [3.8, 4) is 11.5 Å². The molecule has 0 saturated heterocycles. The van der Waals surface area contributed by atoms with Gasteiger partial charge in [-0.3, -0.25) is 4.79 Å². The van der Waals surface area contributed by atoms with Crippen molar-refractivity contribution < 1.29 is 14.6 Å². The number of carbonyl (C=O) groups excluding carboxylic acids is 1. The molecule has 4 nitrogen and oxygen atoms in total. The van der Waals surface area contributed by atoms with Gasteiger partial charge in [0.15, 0.2) is 11.5 Å². The summed E-state index contributed by atoms with van der Waals surface area (Å²) in [7, 11) is 1.48. The number of rotatable bonds is 4. The van der Waals surface area contributed by atoms with Crippen LogP contribution in [-0.4, -0.2) is 18.0 Å². The van der Waals surface area contributed by atoms with E-state index in [1.54, 1.807) is 31.2 Å². The normalized spacial score (nSPS) is 11.9. The Labute approximate surface area is 117 Å². The molecule has 0 fully saturated rings. The Balaban J connectivity index is 2.48. The third-order valence-corrected chi connectivity index (χ3v) is 3.21. The first-order valence-corrected chi connectivity index (χ1v) is 6.25. The number of phenolic OH excluding ortho intramolecular Hbond substituents is 1. The molecular formula is C16H17NO3. The number of hydrogen-bond donors (Lipinski definition) is 2. The van der Waals surface area contributed by atoms with Crippen LogP contribution < -0.4 is 10.5 Å². The number of ketones is 1. The highest BCUT2D eigenvalue weighted by Gasteiger charge is 2.20. The molecule has 1 atom stereocenters. The van der Waals surface area contributed by atoms with Crippen molar-refractivity contribution in [2.24, 2.45) is 0 Å². The van der Waals surface area contributed by atoms with Gasteiger partial charge >= 0.3 is 0 Å². The van der Waals surface area contributed by atoms with Gasteiger partial charge in [0.25, 0.3) is 0 Å². The zero-order valence-electron chi connectivity index (χ0n) is 11.5. The highest BCUT2D eigenvalue weighted by atomic mass is 16.5. The first-order valence-electron chi connectivity index (χ1n) is 6.25. The number of aromatic hydroxyl groups is 1. The molecule has 0 heterocycles. The molecule has 0 bridgehead atoms. The molecule has 0 radical (unpaired) electrons. The maximum Gasteiger partial charge on any atom is 0.160 e. The lowest BCUT2D eigenvalue weighted by atomic mass is 9.88. The summed E-state index contributed by atoms with van der Waals surface area (Å²) in [4.78, 5) is 12.0. The zero-order valence-corrected chi connectivity index (χ0v) is 11.5. The minimum absolute atomic E-state index is 0.0162. The van der Waals surface area contributed by atoms with Crippen molar-refractivity contribution in [2.45, 2.75) is 12.8 Å². The molecule has 1 unspecified atom stereocenters. The van der Waals surface area contributed by atoms with E-state index in [0.29, 0.717) is 11.4 Å². The number of phenols is 1. The summed E-state index contributed by atoms with van der Waals surface area (Å²) in [5.41, 5.74) is 7.96. The average Bonchev–Trinajstić information content (AvgIpc) is 2.42. The van der Waals surface area contributed by atoms with Gasteiger partial charge in [-0.1, -0.05) is 18.2 Å². The summed E-state index contributed by atoms with van der Waals surface area (Å²) in [6.45, 7) is 1.54. The summed E-state index contributed by atoms with van der Waals surface area (Å²) >= 11 is 0. The van der Waals surface area contributed by atoms with E-state index in [-0.39, 0.29) is 11.5 Å². The SMILES string of the molecule is COc1cc(C(C(C)=O)c2ccc(N)cc2)ccc1O. The van der Waals surface area contributed by atoms with E-state index in [9.17, 15) is 9.90 Å². The fourth-order valence-electron chi connectivity index (χ4n) is 2.22. The number of ether oxygens (including phenoxy) is 1. The molecule has 20 heavy (non-hydrogen) atoms. The minimum Gasteiger partial charge on any atom is -0.504 e. The Morgan fingerprint density at radius 2 is 1.75 bits per heavy atom. The largest absolute Gasteiger partial charge is 0.504 e. The number of methoxy groups -OCH3 is 1. The highest BCUT2D eigenvalue weighted by molar-refractivity contribution is 5.87. The monoisotopic (exact) mass is 271 g/mol. The molecule has 0 aromatic heterocycles. The number of nitrogens with two attached hydrogens (primary N) is 1. The van der Waals surface area contributed by atoms with Crippen LogP contribution in [0.2, 0.25) is 0 Å². The van der Waals surface area contributed by atoms with Crippen LogP contribution in [0.5, 0.6) is 11.5 Å². The number of nitrogen functional groups attached to an aromatic ring is 1. The fraction of sp³-hybridized carbons (Fsp3) is 0.188. The van der Waals surface area contributed by atoms with Crippen LogP contribution in [0.3, 0.4) is 0 Å². The summed E-state index contributed by atoms with van der Waals surface area (Å²) in [6.07, 6.45) is 0. The van der Waals surface area contributed by atoms with Crippen molar-refractivity contribution in [1.29, 1.82) is 0 Å². The predicted molar refractivity (Wildman–Crippen MR) is 78.0 cm³/mol. The standard InChI is InChI=1S/C16H17NO3/c1-10(18)16(11-3-6-13(17)7-4-11)12-5-8-14(19)15(9-12)20-2/h3-9,16,19H,17H2,1-2H3. The van der Waals surface area contributed by atoms with E-state index in [0.717, 1.165) is 11.1 Å². The molecule has 2 aromatic rings. The van der Waals surface area contributed by atoms with Gasteiger partial charge in [0.05, 0.1) is 13.0 Å². The Morgan fingerprint density at radius 1 is 1.15 bits per heavy atom. The Kier molecular flexibility index (Phi) is 3.94. The lowest BCUT2D eigenvalue weighted by Crippen LogP contribution is -2.10. The Bertz CT molecular complexity index is 620. The molecule has 2 rings (SSSR count). The number of Topliss-reactive ketones (excluding diaryl/α,β-unsaturated/α-hetero) is 1. The Hall–Kier alpha value is -2.49. The van der Waals surface area contributed by atoms with Crippen molar-refractivity contribution >= 4 is 11.5 Å². The number of anilines is 1. The van der Waals surface area contributed by atoms with E-state index >= 15 is 0 Å². The summed E-state index contributed by atoms with van der Waals surface area (Å²) in [5, 5.41) is 9.64. The molecule has 104 valence electrons. The average molecular weight is 271 g/mol. The maximum atomic E-state index is 12.0. The van der Waals surface area contributed by atoms with Gasteiger partial charge in [-0.05, 0) is 42.3 Å². The van der Waals surface area contributed by atoms with Crippen LogP contribution in [0.15, 0.2) is 42.5 Å². The smallest absolute Gasteiger partial charge is 0.160 e. The molecule has 0 spiro atoms. The molecule has 3 N–H and O–H groups in total. The van der Waals surface area contributed by atoms with Gasteiger partial charge in [-0.2, -0.15) is 0 Å². The van der Waals surface area contributed by atoms with Gasteiger partial charge in [0.1, 0.15) is 5.78 Å². The van der Waals surface area contributed by atoms with Crippen LogP contribution >= 0.6 is 0 Å². The van der Waals surface area contributed by atoms with Crippen LogP contribution in [-0.2, 0) is 4.79 Å². The molecule has 0 aliphatic carbocycles. The van der Waals surface area contributed by atoms with Crippen molar-refractivity contribution in [1.82, 2.24) is 0 Å². The van der Waals surface area contributed by atoms with Crippen LogP contribution in [0.25, 0.3) is 0 Å².